The Kier molecular flexibility index (Phi) is 7.40. The number of methoxy groups -OCH3 is 1. The summed E-state index contributed by atoms with van der Waals surface area (Å²) in [5.74, 6) is -5.86. The smallest absolute Gasteiger partial charge is 0.273 e. The molecule has 2 aromatic carbocycles. The van der Waals surface area contributed by atoms with Gasteiger partial charge in [0.05, 0.1) is 29.0 Å². The minimum Gasteiger partial charge on any atom is -0.497 e. The lowest BCUT2D eigenvalue weighted by molar-refractivity contribution is -0.157. The molecule has 2 bridgehead atoms. The van der Waals surface area contributed by atoms with Gasteiger partial charge in [0.1, 0.15) is 21.5 Å². The molecule has 0 radical (unpaired) electrons. The molecule has 0 aromatic heterocycles. The summed E-state index contributed by atoms with van der Waals surface area (Å²) >= 11 is 45.5. The van der Waals surface area contributed by atoms with E-state index in [1.54, 1.807) is 12.1 Å². The van der Waals surface area contributed by atoms with Gasteiger partial charge in [0.25, 0.3) is 17.7 Å². The van der Waals surface area contributed by atoms with Crippen molar-refractivity contribution in [1.82, 2.24) is 10.0 Å². The van der Waals surface area contributed by atoms with Gasteiger partial charge in [0.15, 0.2) is 10.1 Å². The standard InChI is InChI=1S/C26H17Cl7N2O5/c1-11(18(36)12-5-9-15(40-2)10-6-12)34(21(37)13-3-7-14(27)8-4-13)35-22(38)16-17(23(35)39)25(31)20(29)19(28)24(16,30)26(25,32)33/h3-11,16-17H,1-2H3/t11-,16-,17+,24+,25+/m0/s1. The molecule has 3 aliphatic rings. The maximum Gasteiger partial charge on any atom is 0.273 e. The first-order valence-electron chi connectivity index (χ1n) is 11.6. The van der Waals surface area contributed by atoms with Gasteiger partial charge in [-0.3, -0.25) is 19.2 Å². The number of hydrogen-bond acceptors (Lipinski definition) is 5. The first-order chi connectivity index (χ1) is 18.7. The van der Waals surface area contributed by atoms with Crippen LogP contribution in [0.15, 0.2) is 58.6 Å². The first kappa shape index (κ1) is 29.8. The average molecular weight is 686 g/mol. The fraction of sp³-hybridized carbons (Fsp3) is 0.308. The molecule has 40 heavy (non-hydrogen) atoms. The second-order valence-corrected chi connectivity index (χ2v) is 13.2. The minimum atomic E-state index is -2.15. The molecule has 210 valence electrons. The van der Waals surface area contributed by atoms with E-state index in [9.17, 15) is 19.2 Å². The maximum absolute atomic E-state index is 14.0. The Bertz CT molecular complexity index is 1450. The lowest BCUT2D eigenvalue weighted by Crippen LogP contribution is -2.59. The molecule has 1 heterocycles. The molecular weight excluding hydrogens is 668 g/mol. The highest BCUT2D eigenvalue weighted by atomic mass is 35.5. The number of ether oxygens (including phenoxy) is 1. The van der Waals surface area contributed by atoms with Crippen LogP contribution in [0.5, 0.6) is 5.75 Å². The summed E-state index contributed by atoms with van der Waals surface area (Å²) in [6, 6.07) is 10.4. The fourth-order valence-electron chi connectivity index (χ4n) is 5.46. The molecule has 0 spiro atoms. The van der Waals surface area contributed by atoms with E-state index in [2.05, 4.69) is 0 Å². The van der Waals surface area contributed by atoms with Crippen LogP contribution in [0.4, 0.5) is 0 Å². The lowest BCUT2D eigenvalue weighted by Gasteiger charge is -2.38. The van der Waals surface area contributed by atoms with E-state index in [1.807, 2.05) is 0 Å². The third-order valence-corrected chi connectivity index (χ3v) is 12.0. The van der Waals surface area contributed by atoms with E-state index >= 15 is 0 Å². The molecule has 3 amide bonds. The number of fused-ring (bicyclic) bond motifs is 5. The Morgan fingerprint density at radius 1 is 0.825 bits per heavy atom. The highest BCUT2D eigenvalue weighted by molar-refractivity contribution is 6.66. The first-order valence-corrected chi connectivity index (χ1v) is 14.3. The van der Waals surface area contributed by atoms with Crippen molar-refractivity contribution in [3.8, 4) is 5.75 Å². The fourth-order valence-corrected chi connectivity index (χ4v) is 8.52. The van der Waals surface area contributed by atoms with Crippen LogP contribution in [0.1, 0.15) is 27.6 Å². The largest absolute Gasteiger partial charge is 0.497 e. The highest BCUT2D eigenvalue weighted by Gasteiger charge is 2.88. The number of nitrogens with zero attached hydrogens (tertiary/aromatic N) is 2. The average Bonchev–Trinajstić information content (AvgIpc) is 3.32. The second kappa shape index (κ2) is 9.94. The van der Waals surface area contributed by atoms with Crippen molar-refractivity contribution in [3.05, 3.63) is 74.7 Å². The molecule has 1 aliphatic heterocycles. The quantitative estimate of drug-likeness (QED) is 0.199. The molecule has 0 unspecified atom stereocenters. The summed E-state index contributed by atoms with van der Waals surface area (Å²) in [6.45, 7) is 1.38. The number of hydrogen-bond donors (Lipinski definition) is 0. The number of allylic oxidation sites excluding steroid dienone is 2. The van der Waals surface area contributed by atoms with Gasteiger partial charge in [0.2, 0.25) is 0 Å². The Morgan fingerprint density at radius 3 is 1.73 bits per heavy atom. The molecule has 1 saturated carbocycles. The van der Waals surface area contributed by atoms with Crippen LogP contribution in [0.2, 0.25) is 5.02 Å². The van der Waals surface area contributed by atoms with Crippen LogP contribution < -0.4 is 4.74 Å². The lowest BCUT2D eigenvalue weighted by atomic mass is 9.84. The van der Waals surface area contributed by atoms with Crippen molar-refractivity contribution in [2.45, 2.75) is 27.0 Å². The van der Waals surface area contributed by atoms with Crippen LogP contribution in [-0.4, -0.2) is 60.8 Å². The summed E-state index contributed by atoms with van der Waals surface area (Å²) in [5.41, 5.74) is 0.233. The summed E-state index contributed by atoms with van der Waals surface area (Å²) in [4.78, 5) is 51.4. The molecule has 0 N–H and O–H groups in total. The van der Waals surface area contributed by atoms with E-state index in [4.69, 9.17) is 85.9 Å². The van der Waals surface area contributed by atoms with Crippen molar-refractivity contribution >= 4 is 105 Å². The van der Waals surface area contributed by atoms with Gasteiger partial charge < -0.3 is 4.74 Å². The van der Waals surface area contributed by atoms with E-state index in [0.29, 0.717) is 15.8 Å². The number of benzene rings is 2. The SMILES string of the molecule is COc1ccc(C(=O)[C@H](C)N(C(=O)c2ccc(Cl)cc2)N2C(=O)[C@@H]3[C@H](C2=O)[C@@]2(Cl)C(Cl)=C(Cl)[C@@]3(Cl)C2(Cl)Cl)cc1. The summed E-state index contributed by atoms with van der Waals surface area (Å²) in [6.07, 6.45) is 0. The minimum absolute atomic E-state index is 0.0406. The number of Topliss-reactive ketones (excluding diaryl/α,β-unsaturated/α-hetero) is 1. The van der Waals surface area contributed by atoms with Gasteiger partial charge in [-0.15, -0.1) is 23.2 Å². The molecule has 2 fully saturated rings. The van der Waals surface area contributed by atoms with Crippen molar-refractivity contribution in [1.29, 1.82) is 0 Å². The van der Waals surface area contributed by atoms with Crippen LogP contribution >= 0.6 is 81.2 Å². The van der Waals surface area contributed by atoms with Crippen LogP contribution in [0.3, 0.4) is 0 Å². The Hall–Kier alpha value is -1.71. The zero-order valence-corrected chi connectivity index (χ0v) is 25.7. The van der Waals surface area contributed by atoms with Gasteiger partial charge in [-0.1, -0.05) is 58.0 Å². The predicted octanol–water partition coefficient (Wildman–Crippen LogP) is 6.42. The summed E-state index contributed by atoms with van der Waals surface area (Å²) in [7, 11) is 1.47. The Balaban J connectivity index is 1.62. The number of rotatable bonds is 6. The molecule has 2 aromatic rings. The van der Waals surface area contributed by atoms with E-state index in [1.165, 1.54) is 50.4 Å². The van der Waals surface area contributed by atoms with E-state index < -0.39 is 55.5 Å². The van der Waals surface area contributed by atoms with Gasteiger partial charge in [-0.25, -0.2) is 5.01 Å². The van der Waals surface area contributed by atoms with Crippen molar-refractivity contribution in [2.75, 3.05) is 7.11 Å². The topological polar surface area (TPSA) is 84.0 Å². The predicted molar refractivity (Wildman–Crippen MR) is 154 cm³/mol. The number of hydrazine groups is 1. The second-order valence-electron chi connectivity index (χ2n) is 9.49. The normalized spacial score (nSPS) is 29.1. The summed E-state index contributed by atoms with van der Waals surface area (Å²) < 4.78 is 2.98. The number of imide groups is 1. The Labute approximate surface area is 263 Å². The third kappa shape index (κ3) is 3.72. The van der Waals surface area contributed by atoms with Crippen LogP contribution in [0.25, 0.3) is 0 Å². The zero-order valence-electron chi connectivity index (χ0n) is 20.4. The van der Waals surface area contributed by atoms with Crippen molar-refractivity contribution < 1.29 is 23.9 Å². The maximum atomic E-state index is 14.0. The Morgan fingerprint density at radius 2 is 1.27 bits per heavy atom. The number of alkyl halides is 4. The zero-order chi connectivity index (χ0) is 29.5. The number of amides is 3. The third-order valence-electron chi connectivity index (χ3n) is 7.52. The monoisotopic (exact) mass is 682 g/mol. The molecule has 7 nitrogen and oxygen atoms in total. The van der Waals surface area contributed by atoms with Gasteiger partial charge in [-0.2, -0.15) is 5.01 Å². The molecule has 14 heteroatoms. The van der Waals surface area contributed by atoms with Crippen LogP contribution in [-0.2, 0) is 9.59 Å². The molecule has 5 atom stereocenters. The van der Waals surface area contributed by atoms with Gasteiger partial charge in [-0.05, 0) is 55.5 Å². The van der Waals surface area contributed by atoms with Gasteiger partial charge >= 0.3 is 0 Å². The number of carbonyl (C=O) groups is 4. The number of halogens is 7. The van der Waals surface area contributed by atoms with Crippen LogP contribution in [0, 0.1) is 11.8 Å². The molecule has 5 rings (SSSR count). The highest BCUT2D eigenvalue weighted by Crippen LogP contribution is 2.77. The number of carbonyl (C=O) groups excluding carboxylic acids is 4. The van der Waals surface area contributed by atoms with Gasteiger partial charge in [0, 0.05) is 16.1 Å². The van der Waals surface area contributed by atoms with Crippen molar-refractivity contribution in [2.24, 2.45) is 11.8 Å². The van der Waals surface area contributed by atoms with Crippen molar-refractivity contribution in [3.63, 3.8) is 0 Å². The van der Waals surface area contributed by atoms with E-state index in [-0.39, 0.29) is 21.2 Å². The van der Waals surface area contributed by atoms with E-state index in [0.717, 1.165) is 5.01 Å². The molecular formula is C26H17Cl7N2O5. The number of ketones is 1. The molecule has 1 saturated heterocycles. The summed E-state index contributed by atoms with van der Waals surface area (Å²) in [5, 5.41) is 1.12. The molecule has 2 aliphatic carbocycles.